The van der Waals surface area contributed by atoms with E-state index in [1.54, 1.807) is 24.3 Å². The monoisotopic (exact) mass is 277 g/mol. The minimum absolute atomic E-state index is 0.180. The van der Waals surface area contributed by atoms with E-state index in [1.807, 2.05) is 18.2 Å². The van der Waals surface area contributed by atoms with Crippen LogP contribution in [-0.2, 0) is 6.54 Å². The summed E-state index contributed by atoms with van der Waals surface area (Å²) >= 11 is 0. The zero-order chi connectivity index (χ0) is 14.4. The predicted molar refractivity (Wildman–Crippen MR) is 74.8 cm³/mol. The Hall–Kier alpha value is -1.94. The maximum absolute atomic E-state index is 12.0. The number of ether oxygens (including phenoxy) is 1. The third kappa shape index (κ3) is 4.31. The first kappa shape index (κ1) is 14.5. The predicted octanol–water partition coefficient (Wildman–Crippen LogP) is 4.14. The van der Waals surface area contributed by atoms with Crippen molar-refractivity contribution in [1.29, 1.82) is 0 Å². The number of halogens is 2. The molecule has 2 aromatic rings. The first-order chi connectivity index (χ1) is 9.65. The lowest BCUT2D eigenvalue weighted by Crippen LogP contribution is -2.17. The van der Waals surface area contributed by atoms with Crippen LogP contribution >= 0.6 is 0 Å². The van der Waals surface area contributed by atoms with Crippen molar-refractivity contribution in [3.63, 3.8) is 0 Å². The Bertz CT molecular complexity index is 514. The minimum Gasteiger partial charge on any atom is -0.435 e. The fraction of sp³-hybridized carbons (Fsp3) is 0.250. The van der Waals surface area contributed by atoms with Gasteiger partial charge in [-0.2, -0.15) is 8.78 Å². The Morgan fingerprint density at radius 3 is 2.25 bits per heavy atom. The smallest absolute Gasteiger partial charge is 0.387 e. The van der Waals surface area contributed by atoms with Crippen LogP contribution in [0.3, 0.4) is 0 Å². The van der Waals surface area contributed by atoms with E-state index in [1.165, 1.54) is 5.56 Å². The molecule has 0 heterocycles. The standard InChI is InChI=1S/C16H17F2NO/c1-12(14-5-3-2-4-6-14)19-11-13-7-9-15(10-8-13)20-16(17)18/h2-10,12,16,19H,11H2,1H3/t12-/m1/s1. The maximum Gasteiger partial charge on any atom is 0.387 e. The summed E-state index contributed by atoms with van der Waals surface area (Å²) in [6.45, 7) is -0.0219. The summed E-state index contributed by atoms with van der Waals surface area (Å²) in [5, 5.41) is 3.39. The van der Waals surface area contributed by atoms with Crippen molar-refractivity contribution in [1.82, 2.24) is 5.32 Å². The van der Waals surface area contributed by atoms with Crippen LogP contribution in [0.15, 0.2) is 54.6 Å². The molecule has 0 spiro atoms. The van der Waals surface area contributed by atoms with Crippen LogP contribution < -0.4 is 10.1 Å². The van der Waals surface area contributed by atoms with E-state index in [2.05, 4.69) is 29.1 Å². The highest BCUT2D eigenvalue weighted by molar-refractivity contribution is 5.27. The van der Waals surface area contributed by atoms with E-state index >= 15 is 0 Å². The van der Waals surface area contributed by atoms with Crippen molar-refractivity contribution in [2.75, 3.05) is 0 Å². The average Bonchev–Trinajstić information content (AvgIpc) is 2.46. The SMILES string of the molecule is C[C@@H](NCc1ccc(OC(F)F)cc1)c1ccccc1. The van der Waals surface area contributed by atoms with Crippen molar-refractivity contribution in [2.24, 2.45) is 0 Å². The molecule has 0 fully saturated rings. The molecule has 0 unspecified atom stereocenters. The third-order valence-corrected chi connectivity index (χ3v) is 3.06. The van der Waals surface area contributed by atoms with E-state index in [4.69, 9.17) is 0 Å². The number of hydrogen-bond donors (Lipinski definition) is 1. The normalized spacial score (nSPS) is 12.4. The van der Waals surface area contributed by atoms with Gasteiger partial charge >= 0.3 is 6.61 Å². The van der Waals surface area contributed by atoms with Gasteiger partial charge in [-0.1, -0.05) is 42.5 Å². The lowest BCUT2D eigenvalue weighted by Gasteiger charge is -2.14. The summed E-state index contributed by atoms with van der Waals surface area (Å²) in [4.78, 5) is 0. The van der Waals surface area contributed by atoms with Gasteiger partial charge in [-0.25, -0.2) is 0 Å². The molecule has 0 amide bonds. The average molecular weight is 277 g/mol. The Kier molecular flexibility index (Phi) is 5.07. The van der Waals surface area contributed by atoms with Gasteiger partial charge in [0.05, 0.1) is 0 Å². The molecule has 0 saturated carbocycles. The van der Waals surface area contributed by atoms with E-state index < -0.39 is 6.61 Å². The molecule has 0 aromatic heterocycles. The molecule has 1 atom stereocenters. The van der Waals surface area contributed by atoms with Gasteiger partial charge in [-0.3, -0.25) is 0 Å². The van der Waals surface area contributed by atoms with Gasteiger partial charge in [-0.15, -0.1) is 0 Å². The van der Waals surface area contributed by atoms with Gasteiger partial charge in [0.2, 0.25) is 0 Å². The summed E-state index contributed by atoms with van der Waals surface area (Å²) in [6, 6.07) is 17.0. The molecule has 2 nitrogen and oxygen atoms in total. The number of nitrogens with one attached hydrogen (secondary N) is 1. The lowest BCUT2D eigenvalue weighted by molar-refractivity contribution is -0.0498. The van der Waals surface area contributed by atoms with Gasteiger partial charge < -0.3 is 10.1 Å². The molecule has 2 aromatic carbocycles. The van der Waals surface area contributed by atoms with Gasteiger partial charge in [0.1, 0.15) is 5.75 Å². The molecule has 0 aliphatic rings. The summed E-state index contributed by atoms with van der Waals surface area (Å²) < 4.78 is 28.4. The Labute approximate surface area is 117 Å². The molecule has 1 N–H and O–H groups in total. The minimum atomic E-state index is -2.78. The fourth-order valence-electron chi connectivity index (χ4n) is 1.92. The lowest BCUT2D eigenvalue weighted by atomic mass is 10.1. The summed E-state index contributed by atoms with van der Waals surface area (Å²) in [5.41, 5.74) is 2.24. The highest BCUT2D eigenvalue weighted by atomic mass is 19.3. The zero-order valence-corrected chi connectivity index (χ0v) is 11.2. The molecule has 106 valence electrons. The molecule has 0 aliphatic carbocycles. The Morgan fingerprint density at radius 1 is 1.00 bits per heavy atom. The van der Waals surface area contributed by atoms with Gasteiger partial charge in [0.15, 0.2) is 0 Å². The molecule has 0 bridgehead atoms. The van der Waals surface area contributed by atoms with Gasteiger partial charge in [-0.05, 0) is 30.2 Å². The van der Waals surface area contributed by atoms with Crippen LogP contribution in [0.5, 0.6) is 5.75 Å². The summed E-state index contributed by atoms with van der Waals surface area (Å²) in [6.07, 6.45) is 0. The molecule has 4 heteroatoms. The molecule has 2 rings (SSSR count). The second-order valence-corrected chi connectivity index (χ2v) is 4.54. The molecule has 0 aliphatic heterocycles. The van der Waals surface area contributed by atoms with Crippen LogP contribution in [0.25, 0.3) is 0 Å². The first-order valence-electron chi connectivity index (χ1n) is 6.47. The van der Waals surface area contributed by atoms with Crippen LogP contribution in [-0.4, -0.2) is 6.61 Å². The van der Waals surface area contributed by atoms with Crippen LogP contribution in [0, 0.1) is 0 Å². The number of hydrogen-bond acceptors (Lipinski definition) is 2. The van der Waals surface area contributed by atoms with E-state index in [0.29, 0.717) is 6.54 Å². The summed E-state index contributed by atoms with van der Waals surface area (Å²) in [7, 11) is 0. The van der Waals surface area contributed by atoms with Crippen molar-refractivity contribution in [2.45, 2.75) is 26.1 Å². The first-order valence-corrected chi connectivity index (χ1v) is 6.47. The largest absolute Gasteiger partial charge is 0.435 e. The highest BCUT2D eigenvalue weighted by Crippen LogP contribution is 2.16. The second-order valence-electron chi connectivity index (χ2n) is 4.54. The Morgan fingerprint density at radius 2 is 1.65 bits per heavy atom. The number of alkyl halides is 2. The Balaban J connectivity index is 1.88. The zero-order valence-electron chi connectivity index (χ0n) is 11.2. The molecule has 20 heavy (non-hydrogen) atoms. The van der Waals surface area contributed by atoms with E-state index in [0.717, 1.165) is 5.56 Å². The van der Waals surface area contributed by atoms with Crippen LogP contribution in [0.2, 0.25) is 0 Å². The second kappa shape index (κ2) is 7.01. The van der Waals surface area contributed by atoms with Crippen molar-refractivity contribution < 1.29 is 13.5 Å². The summed E-state index contributed by atoms with van der Waals surface area (Å²) in [5.74, 6) is 0.180. The molecule has 0 saturated heterocycles. The number of rotatable bonds is 6. The molecule has 0 radical (unpaired) electrons. The van der Waals surface area contributed by atoms with Crippen molar-refractivity contribution in [3.8, 4) is 5.75 Å². The third-order valence-electron chi connectivity index (χ3n) is 3.06. The van der Waals surface area contributed by atoms with Crippen molar-refractivity contribution in [3.05, 3.63) is 65.7 Å². The quantitative estimate of drug-likeness (QED) is 0.857. The van der Waals surface area contributed by atoms with Crippen LogP contribution in [0.4, 0.5) is 8.78 Å². The van der Waals surface area contributed by atoms with Crippen LogP contribution in [0.1, 0.15) is 24.1 Å². The molecular weight excluding hydrogens is 260 g/mol. The van der Waals surface area contributed by atoms with Gasteiger partial charge in [0.25, 0.3) is 0 Å². The van der Waals surface area contributed by atoms with E-state index in [9.17, 15) is 8.78 Å². The topological polar surface area (TPSA) is 21.3 Å². The fourth-order valence-corrected chi connectivity index (χ4v) is 1.92. The number of benzene rings is 2. The maximum atomic E-state index is 12.0. The van der Waals surface area contributed by atoms with Gasteiger partial charge in [0, 0.05) is 12.6 Å². The highest BCUT2D eigenvalue weighted by Gasteiger charge is 2.05. The van der Waals surface area contributed by atoms with E-state index in [-0.39, 0.29) is 11.8 Å². The van der Waals surface area contributed by atoms with Crippen molar-refractivity contribution >= 4 is 0 Å². The molecular formula is C16H17F2NO.